The van der Waals surface area contributed by atoms with E-state index in [2.05, 4.69) is 9.88 Å². The lowest BCUT2D eigenvalue weighted by molar-refractivity contribution is -0.130. The third-order valence-electron chi connectivity index (χ3n) is 5.75. The first-order chi connectivity index (χ1) is 16.5. The van der Waals surface area contributed by atoms with Crippen LogP contribution in [0.3, 0.4) is 0 Å². The molecule has 4 amide bonds. The molecule has 0 bridgehead atoms. The number of fused-ring (bicyclic) bond motifs is 1. The minimum Gasteiger partial charge on any atom is -0.342 e. The van der Waals surface area contributed by atoms with Gasteiger partial charge in [-0.2, -0.15) is 0 Å². The van der Waals surface area contributed by atoms with Gasteiger partial charge in [0.25, 0.3) is 11.8 Å². The van der Waals surface area contributed by atoms with Gasteiger partial charge >= 0.3 is 6.03 Å². The van der Waals surface area contributed by atoms with E-state index in [1.807, 2.05) is 60.8 Å². The number of benzene rings is 3. The molecule has 7 heteroatoms. The molecule has 1 aromatic heterocycles. The molecule has 6 nitrogen and oxygen atoms in total. The fourth-order valence-electron chi connectivity index (χ4n) is 4.07. The van der Waals surface area contributed by atoms with Crippen LogP contribution in [0.25, 0.3) is 17.0 Å². The smallest absolute Gasteiger partial charge is 0.331 e. The van der Waals surface area contributed by atoms with Crippen LogP contribution in [0, 0.1) is 5.82 Å². The van der Waals surface area contributed by atoms with Crippen LogP contribution in [-0.2, 0) is 22.7 Å². The molecule has 168 valence electrons. The Bertz CT molecular complexity index is 1440. The van der Waals surface area contributed by atoms with Gasteiger partial charge in [-0.3, -0.25) is 19.8 Å². The number of amides is 4. The first-order valence-corrected chi connectivity index (χ1v) is 10.7. The molecule has 1 aliphatic heterocycles. The molecule has 0 atom stereocenters. The molecule has 4 aromatic rings. The van der Waals surface area contributed by atoms with Crippen LogP contribution >= 0.6 is 0 Å². The third-order valence-corrected chi connectivity index (χ3v) is 5.75. The number of nitrogens with one attached hydrogen (secondary N) is 1. The fraction of sp³-hybridized carbons (Fsp3) is 0.0741. The first kappa shape index (κ1) is 21.3. The van der Waals surface area contributed by atoms with Crippen molar-refractivity contribution in [2.45, 2.75) is 13.1 Å². The Morgan fingerprint density at radius 1 is 0.794 bits per heavy atom. The average molecular weight is 453 g/mol. The Hall–Kier alpha value is -4.52. The molecule has 5 rings (SSSR count). The number of barbiturate groups is 1. The highest BCUT2D eigenvalue weighted by Crippen LogP contribution is 2.26. The van der Waals surface area contributed by atoms with Gasteiger partial charge in [0.1, 0.15) is 11.4 Å². The summed E-state index contributed by atoms with van der Waals surface area (Å²) in [4.78, 5) is 39.1. The Labute approximate surface area is 194 Å². The molecule has 1 fully saturated rings. The molecule has 0 aliphatic carbocycles. The molecule has 0 radical (unpaired) electrons. The number of carbonyl (C=O) groups excluding carboxylic acids is 3. The predicted octanol–water partition coefficient (Wildman–Crippen LogP) is 4.49. The maximum atomic E-state index is 13.2. The molecule has 0 saturated carbocycles. The fourth-order valence-corrected chi connectivity index (χ4v) is 4.07. The van der Waals surface area contributed by atoms with Gasteiger partial charge in [-0.15, -0.1) is 0 Å². The second-order valence-electron chi connectivity index (χ2n) is 8.05. The number of rotatable bonds is 5. The minimum atomic E-state index is -0.803. The highest BCUT2D eigenvalue weighted by Gasteiger charge is 2.35. The predicted molar refractivity (Wildman–Crippen MR) is 126 cm³/mol. The molecule has 1 saturated heterocycles. The first-order valence-electron chi connectivity index (χ1n) is 10.7. The summed E-state index contributed by atoms with van der Waals surface area (Å²) in [6.07, 6.45) is 3.41. The van der Waals surface area contributed by atoms with Crippen molar-refractivity contribution in [1.82, 2.24) is 14.8 Å². The van der Waals surface area contributed by atoms with Crippen molar-refractivity contribution in [2.75, 3.05) is 0 Å². The molecular formula is C27H20FN3O3. The highest BCUT2D eigenvalue weighted by molar-refractivity contribution is 6.31. The number of aromatic nitrogens is 1. The standard InChI is InChI=1S/C27H20FN3O3/c28-21-12-10-19(11-13-21)16-31-26(33)23(25(32)29-27(31)34)14-20-17-30(15-18-6-2-1-3-7-18)24-9-5-4-8-22(20)24/h1-14,17H,15-16H2,(H,29,32,34)/b23-14-. The van der Waals surface area contributed by atoms with E-state index < -0.39 is 23.7 Å². The van der Waals surface area contributed by atoms with Crippen LogP contribution in [0.4, 0.5) is 9.18 Å². The Balaban J connectivity index is 1.51. The normalized spacial score (nSPS) is 15.3. The zero-order chi connectivity index (χ0) is 23.7. The van der Waals surface area contributed by atoms with Crippen LogP contribution in [0.1, 0.15) is 16.7 Å². The van der Waals surface area contributed by atoms with E-state index >= 15 is 0 Å². The maximum Gasteiger partial charge on any atom is 0.331 e. The largest absolute Gasteiger partial charge is 0.342 e. The summed E-state index contributed by atoms with van der Waals surface area (Å²) in [5, 5.41) is 3.12. The second-order valence-corrected chi connectivity index (χ2v) is 8.05. The lowest BCUT2D eigenvalue weighted by atomic mass is 10.1. The van der Waals surface area contributed by atoms with Gasteiger partial charge in [0.05, 0.1) is 6.54 Å². The van der Waals surface area contributed by atoms with E-state index in [1.54, 1.807) is 0 Å². The summed E-state index contributed by atoms with van der Waals surface area (Å²) in [5.74, 6) is -1.86. The number of hydrogen-bond acceptors (Lipinski definition) is 3. The van der Waals surface area contributed by atoms with Crippen molar-refractivity contribution < 1.29 is 18.8 Å². The van der Waals surface area contributed by atoms with Crippen molar-refractivity contribution in [3.63, 3.8) is 0 Å². The number of nitrogens with zero attached hydrogens (tertiary/aromatic N) is 2. The van der Waals surface area contributed by atoms with E-state index in [0.717, 1.165) is 21.4 Å². The summed E-state index contributed by atoms with van der Waals surface area (Å²) in [6.45, 7) is 0.547. The van der Waals surface area contributed by atoms with Crippen LogP contribution < -0.4 is 5.32 Å². The topological polar surface area (TPSA) is 71.4 Å². The summed E-state index contributed by atoms with van der Waals surface area (Å²) in [7, 11) is 0. The molecule has 0 spiro atoms. The summed E-state index contributed by atoms with van der Waals surface area (Å²) < 4.78 is 15.3. The summed E-state index contributed by atoms with van der Waals surface area (Å²) in [6, 6.07) is 22.4. The quantitative estimate of drug-likeness (QED) is 0.358. The molecule has 0 unspecified atom stereocenters. The average Bonchev–Trinajstić information content (AvgIpc) is 3.18. The molecule has 3 aromatic carbocycles. The van der Waals surface area contributed by atoms with Gasteiger partial charge in [0, 0.05) is 29.2 Å². The van der Waals surface area contributed by atoms with E-state index in [-0.39, 0.29) is 12.1 Å². The maximum absolute atomic E-state index is 13.2. The van der Waals surface area contributed by atoms with E-state index in [4.69, 9.17) is 0 Å². The molecule has 1 N–H and O–H groups in total. The number of hydrogen-bond donors (Lipinski definition) is 1. The monoisotopic (exact) mass is 453 g/mol. The van der Waals surface area contributed by atoms with Crippen molar-refractivity contribution in [3.8, 4) is 0 Å². The molecular weight excluding hydrogens is 433 g/mol. The lowest BCUT2D eigenvalue weighted by Gasteiger charge is -2.26. The van der Waals surface area contributed by atoms with Gasteiger partial charge in [-0.1, -0.05) is 60.7 Å². The number of para-hydroxylation sites is 1. The number of carbonyl (C=O) groups is 3. The third kappa shape index (κ3) is 4.11. The molecule has 2 heterocycles. The van der Waals surface area contributed by atoms with Crippen LogP contribution in [0.15, 0.2) is 90.6 Å². The van der Waals surface area contributed by atoms with E-state index in [0.29, 0.717) is 17.7 Å². The van der Waals surface area contributed by atoms with Gasteiger partial charge in [-0.05, 0) is 35.4 Å². The van der Waals surface area contributed by atoms with Crippen molar-refractivity contribution >= 4 is 34.8 Å². The van der Waals surface area contributed by atoms with Gasteiger partial charge in [0.15, 0.2) is 0 Å². The van der Waals surface area contributed by atoms with Crippen molar-refractivity contribution in [3.05, 3.63) is 113 Å². The van der Waals surface area contributed by atoms with Crippen molar-refractivity contribution in [2.24, 2.45) is 0 Å². The zero-order valence-corrected chi connectivity index (χ0v) is 18.1. The van der Waals surface area contributed by atoms with Crippen LogP contribution in [0.2, 0.25) is 0 Å². The molecule has 34 heavy (non-hydrogen) atoms. The Morgan fingerprint density at radius 2 is 1.47 bits per heavy atom. The zero-order valence-electron chi connectivity index (χ0n) is 18.1. The number of imide groups is 2. The Kier molecular flexibility index (Phi) is 5.51. The van der Waals surface area contributed by atoms with Gasteiger partial charge < -0.3 is 4.57 Å². The Morgan fingerprint density at radius 3 is 2.24 bits per heavy atom. The number of halogens is 1. The van der Waals surface area contributed by atoms with Gasteiger partial charge in [0.2, 0.25) is 0 Å². The molecule has 1 aliphatic rings. The van der Waals surface area contributed by atoms with E-state index in [1.165, 1.54) is 30.3 Å². The van der Waals surface area contributed by atoms with E-state index in [9.17, 15) is 18.8 Å². The highest BCUT2D eigenvalue weighted by atomic mass is 19.1. The number of urea groups is 1. The van der Waals surface area contributed by atoms with Crippen LogP contribution in [0.5, 0.6) is 0 Å². The SMILES string of the molecule is O=C1NC(=O)N(Cc2ccc(F)cc2)C(=O)/C1=C\c1cn(Cc2ccccc2)c2ccccc12. The van der Waals surface area contributed by atoms with Crippen LogP contribution in [-0.4, -0.2) is 27.3 Å². The summed E-state index contributed by atoms with van der Waals surface area (Å²) in [5.41, 5.74) is 3.20. The van der Waals surface area contributed by atoms with Crippen molar-refractivity contribution in [1.29, 1.82) is 0 Å². The van der Waals surface area contributed by atoms with Gasteiger partial charge in [-0.25, -0.2) is 9.18 Å². The summed E-state index contributed by atoms with van der Waals surface area (Å²) >= 11 is 0. The lowest BCUT2D eigenvalue weighted by Crippen LogP contribution is -2.53. The second kappa shape index (κ2) is 8.78. The minimum absolute atomic E-state index is 0.0780.